The van der Waals surface area contributed by atoms with Crippen molar-refractivity contribution in [1.29, 1.82) is 0 Å². The Bertz CT molecular complexity index is 682. The number of benzene rings is 1. The van der Waals surface area contributed by atoms with Crippen molar-refractivity contribution in [3.63, 3.8) is 0 Å². The van der Waals surface area contributed by atoms with Crippen molar-refractivity contribution in [1.82, 2.24) is 10.1 Å². The second-order valence-corrected chi connectivity index (χ2v) is 6.47. The van der Waals surface area contributed by atoms with Crippen LogP contribution in [0, 0.1) is 0 Å². The van der Waals surface area contributed by atoms with Crippen LogP contribution < -0.4 is 0 Å². The smallest absolute Gasteiger partial charge is 0.167 e. The highest BCUT2D eigenvalue weighted by Gasteiger charge is 2.31. The Kier molecular flexibility index (Phi) is 4.74. The van der Waals surface area contributed by atoms with E-state index >= 15 is 0 Å². The van der Waals surface area contributed by atoms with Crippen LogP contribution in [0.3, 0.4) is 0 Å². The Hall–Kier alpha value is -1.46. The highest BCUT2D eigenvalue weighted by molar-refractivity contribution is 8.13. The molecule has 0 bridgehead atoms. The molecule has 1 aliphatic rings. The fraction of sp³-hybridized carbons (Fsp3) is 0.375. The number of amidine groups is 1. The van der Waals surface area contributed by atoms with Gasteiger partial charge < -0.3 is 9.42 Å². The molecule has 0 atom stereocenters. The van der Waals surface area contributed by atoms with E-state index in [-0.39, 0.29) is 0 Å². The number of aromatic nitrogens is 1. The van der Waals surface area contributed by atoms with Crippen molar-refractivity contribution in [3.8, 4) is 11.3 Å². The average Bonchev–Trinajstić information content (AvgIpc) is 3.26. The summed E-state index contributed by atoms with van der Waals surface area (Å²) in [5, 5.41) is 5.94. The molecular weight excluding hydrogens is 318 g/mol. The maximum atomic E-state index is 6.03. The summed E-state index contributed by atoms with van der Waals surface area (Å²) >= 11 is 7.70. The van der Waals surface area contributed by atoms with Crippen LogP contribution in [0.4, 0.5) is 0 Å². The van der Waals surface area contributed by atoms with Crippen molar-refractivity contribution in [3.05, 3.63) is 41.0 Å². The van der Waals surface area contributed by atoms with Crippen LogP contribution in [0.25, 0.3) is 11.3 Å². The summed E-state index contributed by atoms with van der Waals surface area (Å²) in [5.74, 6) is 0.743. The summed E-state index contributed by atoms with van der Waals surface area (Å²) in [6, 6.07) is 10.2. The fourth-order valence-electron chi connectivity index (χ4n) is 2.41. The van der Waals surface area contributed by atoms with Crippen LogP contribution in [0.5, 0.6) is 0 Å². The minimum Gasteiger partial charge on any atom is -0.356 e. The molecule has 0 spiro atoms. The van der Waals surface area contributed by atoms with Crippen molar-refractivity contribution in [2.75, 3.05) is 13.3 Å². The van der Waals surface area contributed by atoms with Crippen LogP contribution in [-0.4, -0.2) is 34.6 Å². The first-order chi connectivity index (χ1) is 10.7. The molecule has 116 valence electrons. The van der Waals surface area contributed by atoms with Crippen LogP contribution in [0.1, 0.15) is 18.5 Å². The predicted octanol–water partition coefficient (Wildman–Crippen LogP) is 4.31. The van der Waals surface area contributed by atoms with Gasteiger partial charge in [0.05, 0.1) is 6.54 Å². The monoisotopic (exact) mass is 335 g/mol. The lowest BCUT2D eigenvalue weighted by molar-refractivity contribution is 0.373. The number of aliphatic imine (C=N–C) groups is 1. The van der Waals surface area contributed by atoms with Gasteiger partial charge in [0.2, 0.25) is 0 Å². The molecule has 0 saturated heterocycles. The van der Waals surface area contributed by atoms with Gasteiger partial charge in [0.15, 0.2) is 10.9 Å². The molecule has 3 rings (SSSR count). The van der Waals surface area contributed by atoms with E-state index in [1.807, 2.05) is 37.4 Å². The lowest BCUT2D eigenvalue weighted by atomic mass is 10.1. The van der Waals surface area contributed by atoms with Gasteiger partial charge in [-0.15, -0.1) is 0 Å². The quantitative estimate of drug-likeness (QED) is 0.616. The van der Waals surface area contributed by atoms with Gasteiger partial charge in [0, 0.05) is 29.7 Å². The van der Waals surface area contributed by atoms with E-state index in [4.69, 9.17) is 16.1 Å². The number of hydrogen-bond donors (Lipinski definition) is 0. The van der Waals surface area contributed by atoms with Gasteiger partial charge in [0.25, 0.3) is 0 Å². The van der Waals surface area contributed by atoms with Gasteiger partial charge in [-0.05, 0) is 31.2 Å². The Balaban J connectivity index is 1.78. The first-order valence-electron chi connectivity index (χ1n) is 7.20. The van der Waals surface area contributed by atoms with Gasteiger partial charge in [-0.3, -0.25) is 4.99 Å². The van der Waals surface area contributed by atoms with E-state index in [0.29, 0.717) is 11.1 Å². The molecule has 0 N–H and O–H groups in total. The van der Waals surface area contributed by atoms with Crippen LogP contribution in [0.2, 0.25) is 5.02 Å². The second kappa shape index (κ2) is 6.75. The molecule has 0 amide bonds. The van der Waals surface area contributed by atoms with Crippen LogP contribution in [0.15, 0.2) is 39.8 Å². The van der Waals surface area contributed by atoms with Crippen LogP contribution >= 0.6 is 23.4 Å². The second-order valence-electron chi connectivity index (χ2n) is 5.26. The maximum Gasteiger partial charge on any atom is 0.167 e. The number of hydrogen-bond acceptors (Lipinski definition) is 4. The van der Waals surface area contributed by atoms with Crippen molar-refractivity contribution in [2.24, 2.45) is 4.99 Å². The minimum atomic E-state index is 0.581. The predicted molar refractivity (Wildman–Crippen MR) is 92.4 cm³/mol. The Labute approximate surface area is 139 Å². The zero-order valence-electron chi connectivity index (χ0n) is 12.6. The summed E-state index contributed by atoms with van der Waals surface area (Å²) in [6.45, 7) is 0.724. The Morgan fingerprint density at radius 1 is 1.45 bits per heavy atom. The van der Waals surface area contributed by atoms with E-state index in [1.54, 1.807) is 11.8 Å². The molecule has 4 nitrogen and oxygen atoms in total. The summed E-state index contributed by atoms with van der Waals surface area (Å²) in [7, 11) is 1.83. The van der Waals surface area contributed by atoms with Crippen molar-refractivity contribution < 1.29 is 4.52 Å². The molecule has 1 heterocycles. The van der Waals surface area contributed by atoms with E-state index in [2.05, 4.69) is 21.3 Å². The SMILES string of the molecule is C/N=C(\SC)N(Cc1cc(-c2cccc(Cl)c2)on1)C1CC1. The summed E-state index contributed by atoms with van der Waals surface area (Å²) in [5.41, 5.74) is 1.86. The molecular formula is C16H18ClN3OS. The van der Waals surface area contributed by atoms with Gasteiger partial charge >= 0.3 is 0 Å². The van der Waals surface area contributed by atoms with Crippen molar-refractivity contribution >= 4 is 28.5 Å². The molecule has 0 aliphatic heterocycles. The zero-order chi connectivity index (χ0) is 15.5. The molecule has 0 radical (unpaired) electrons. The third kappa shape index (κ3) is 3.47. The molecule has 1 aromatic heterocycles. The lowest BCUT2D eigenvalue weighted by Gasteiger charge is -2.23. The molecule has 6 heteroatoms. The van der Waals surface area contributed by atoms with Crippen molar-refractivity contribution in [2.45, 2.75) is 25.4 Å². The molecule has 1 aliphatic carbocycles. The normalized spacial score (nSPS) is 15.1. The highest BCUT2D eigenvalue weighted by Crippen LogP contribution is 2.31. The van der Waals surface area contributed by atoms with Gasteiger partial charge in [-0.1, -0.05) is 40.7 Å². The zero-order valence-corrected chi connectivity index (χ0v) is 14.2. The van der Waals surface area contributed by atoms with E-state index in [9.17, 15) is 0 Å². The van der Waals surface area contributed by atoms with Gasteiger partial charge in [-0.2, -0.15) is 0 Å². The first-order valence-corrected chi connectivity index (χ1v) is 8.80. The molecule has 1 aromatic carbocycles. The summed E-state index contributed by atoms with van der Waals surface area (Å²) in [6.07, 6.45) is 4.50. The van der Waals surface area contributed by atoms with E-state index < -0.39 is 0 Å². The van der Waals surface area contributed by atoms with Gasteiger partial charge in [0.1, 0.15) is 5.69 Å². The summed E-state index contributed by atoms with van der Waals surface area (Å²) in [4.78, 5) is 6.68. The number of halogens is 1. The summed E-state index contributed by atoms with van der Waals surface area (Å²) < 4.78 is 5.47. The highest BCUT2D eigenvalue weighted by atomic mass is 35.5. The third-order valence-electron chi connectivity index (χ3n) is 3.61. The van der Waals surface area contributed by atoms with E-state index in [1.165, 1.54) is 12.8 Å². The number of rotatable bonds is 4. The van der Waals surface area contributed by atoms with E-state index in [0.717, 1.165) is 28.7 Å². The molecule has 2 aromatic rings. The first kappa shape index (κ1) is 15.4. The maximum absolute atomic E-state index is 6.03. The fourth-order valence-corrected chi connectivity index (χ4v) is 3.24. The lowest BCUT2D eigenvalue weighted by Crippen LogP contribution is -2.30. The standard InChI is InChI=1S/C16H18ClN3OS/c1-18-16(22-2)20(14-6-7-14)10-13-9-15(21-19-13)11-4-3-5-12(17)8-11/h3-5,8-9,14H,6-7,10H2,1-2H3/b18-16-. The topological polar surface area (TPSA) is 41.6 Å². The molecule has 0 unspecified atom stereocenters. The third-order valence-corrected chi connectivity index (χ3v) is 4.62. The average molecular weight is 336 g/mol. The minimum absolute atomic E-state index is 0.581. The Morgan fingerprint density at radius 2 is 2.27 bits per heavy atom. The van der Waals surface area contributed by atoms with Crippen LogP contribution in [-0.2, 0) is 6.54 Å². The number of nitrogens with zero attached hydrogens (tertiary/aromatic N) is 3. The molecule has 22 heavy (non-hydrogen) atoms. The Morgan fingerprint density at radius 3 is 2.91 bits per heavy atom. The number of thioether (sulfide) groups is 1. The molecule has 1 fully saturated rings. The largest absolute Gasteiger partial charge is 0.356 e. The van der Waals surface area contributed by atoms with Gasteiger partial charge in [-0.25, -0.2) is 0 Å². The molecule has 1 saturated carbocycles.